The molecule has 0 aliphatic carbocycles. The van der Waals surface area contributed by atoms with Crippen molar-refractivity contribution in [3.8, 4) is 5.75 Å². The molecule has 1 amide bonds. The maximum atomic E-state index is 13.4. The summed E-state index contributed by atoms with van der Waals surface area (Å²) in [6, 6.07) is 26.6. The van der Waals surface area contributed by atoms with Crippen molar-refractivity contribution in [2.45, 2.75) is 11.8 Å². The minimum Gasteiger partial charge on any atom is -0.492 e. The van der Waals surface area contributed by atoms with Crippen molar-refractivity contribution in [3.05, 3.63) is 102 Å². The summed E-state index contributed by atoms with van der Waals surface area (Å²) in [5.74, 6) is 0.259. The molecule has 8 heteroatoms. The molecule has 0 saturated carbocycles. The van der Waals surface area contributed by atoms with E-state index < -0.39 is 15.9 Å². The highest BCUT2D eigenvalue weighted by Crippen LogP contribution is 2.25. The molecule has 6 nitrogen and oxygen atoms in total. The van der Waals surface area contributed by atoms with Crippen molar-refractivity contribution in [1.82, 2.24) is 5.32 Å². The number of ether oxygens (including phenoxy) is 1. The predicted octanol–water partition coefficient (Wildman–Crippen LogP) is 5.19. The number of carbonyl (C=O) groups excluding carboxylic acids is 1. The highest BCUT2D eigenvalue weighted by molar-refractivity contribution is 7.92. The van der Waals surface area contributed by atoms with E-state index in [4.69, 9.17) is 16.3 Å². The second-order valence-corrected chi connectivity index (χ2v) is 10.3. The number of nitrogens with one attached hydrogen (secondary N) is 1. The Bertz CT molecular complexity index is 1420. The molecule has 4 aromatic carbocycles. The van der Waals surface area contributed by atoms with Gasteiger partial charge in [0.2, 0.25) is 5.91 Å². The molecule has 0 atom stereocenters. The molecule has 0 aliphatic heterocycles. The number of halogens is 1. The highest BCUT2D eigenvalue weighted by Gasteiger charge is 2.27. The van der Waals surface area contributed by atoms with Crippen LogP contribution in [0.25, 0.3) is 10.8 Å². The van der Waals surface area contributed by atoms with Gasteiger partial charge in [0.1, 0.15) is 18.9 Å². The first kappa shape index (κ1) is 24.6. The summed E-state index contributed by atoms with van der Waals surface area (Å²) in [6.07, 6.45) is 0. The van der Waals surface area contributed by atoms with Crippen LogP contribution in [0.3, 0.4) is 0 Å². The number of hydrogen-bond acceptors (Lipinski definition) is 4. The summed E-state index contributed by atoms with van der Waals surface area (Å²) < 4.78 is 33.6. The molecule has 0 unspecified atom stereocenters. The largest absolute Gasteiger partial charge is 0.492 e. The van der Waals surface area contributed by atoms with Crippen molar-refractivity contribution in [2.24, 2.45) is 0 Å². The Morgan fingerprint density at radius 1 is 0.914 bits per heavy atom. The van der Waals surface area contributed by atoms with Crippen LogP contribution in [0.4, 0.5) is 5.69 Å². The fraction of sp³-hybridized carbons (Fsp3) is 0.148. The van der Waals surface area contributed by atoms with E-state index in [9.17, 15) is 13.2 Å². The Labute approximate surface area is 210 Å². The van der Waals surface area contributed by atoms with Crippen LogP contribution < -0.4 is 14.4 Å². The standard InChI is InChI=1S/C27H25ClN2O4S/c1-20-6-11-24(12-7-20)30(35(32,33)26-14-9-23(28)10-15-26)19-27(31)29-16-17-34-25-13-8-21-4-2-3-5-22(21)18-25/h2-15,18H,16-17,19H2,1H3,(H,29,31). The zero-order valence-corrected chi connectivity index (χ0v) is 20.7. The monoisotopic (exact) mass is 508 g/mol. The molecule has 0 saturated heterocycles. The molecule has 0 radical (unpaired) electrons. The minimum atomic E-state index is -3.99. The van der Waals surface area contributed by atoms with Crippen LogP contribution in [0.2, 0.25) is 5.02 Å². The summed E-state index contributed by atoms with van der Waals surface area (Å²) in [5, 5.41) is 5.35. The van der Waals surface area contributed by atoms with Gasteiger partial charge < -0.3 is 10.1 Å². The number of fused-ring (bicyclic) bond motifs is 1. The third-order valence-corrected chi connectivity index (χ3v) is 7.46. The lowest BCUT2D eigenvalue weighted by Gasteiger charge is -2.24. The van der Waals surface area contributed by atoms with Gasteiger partial charge in [-0.05, 0) is 66.2 Å². The molecule has 0 fully saturated rings. The fourth-order valence-corrected chi connectivity index (χ4v) is 5.11. The molecule has 0 aromatic heterocycles. The van der Waals surface area contributed by atoms with Gasteiger partial charge in [0.25, 0.3) is 10.0 Å². The fourth-order valence-electron chi connectivity index (χ4n) is 3.56. The van der Waals surface area contributed by atoms with Crippen molar-refractivity contribution in [1.29, 1.82) is 0 Å². The normalized spacial score (nSPS) is 11.3. The molecular weight excluding hydrogens is 484 g/mol. The Kier molecular flexibility index (Phi) is 7.58. The van der Waals surface area contributed by atoms with Crippen molar-refractivity contribution >= 4 is 44.0 Å². The zero-order chi connectivity index (χ0) is 24.8. The van der Waals surface area contributed by atoms with Crippen LogP contribution in [0.5, 0.6) is 5.75 Å². The van der Waals surface area contributed by atoms with Gasteiger partial charge >= 0.3 is 0 Å². The average Bonchev–Trinajstić information content (AvgIpc) is 2.86. The molecule has 0 heterocycles. The second kappa shape index (κ2) is 10.8. The lowest BCUT2D eigenvalue weighted by atomic mass is 10.1. The van der Waals surface area contributed by atoms with Gasteiger partial charge in [-0.25, -0.2) is 8.42 Å². The van der Waals surface area contributed by atoms with Gasteiger partial charge in [0.05, 0.1) is 17.1 Å². The lowest BCUT2D eigenvalue weighted by molar-refractivity contribution is -0.119. The number of sulfonamides is 1. The first-order chi connectivity index (χ1) is 16.8. The molecule has 0 bridgehead atoms. The van der Waals surface area contributed by atoms with Crippen molar-refractivity contribution in [2.75, 3.05) is 24.0 Å². The minimum absolute atomic E-state index is 0.0508. The summed E-state index contributed by atoms with van der Waals surface area (Å²) >= 11 is 5.92. The number of hydrogen-bond donors (Lipinski definition) is 1. The highest BCUT2D eigenvalue weighted by atomic mass is 35.5. The van der Waals surface area contributed by atoms with E-state index >= 15 is 0 Å². The van der Waals surface area contributed by atoms with E-state index in [-0.39, 0.29) is 24.6 Å². The Balaban J connectivity index is 1.42. The van der Waals surface area contributed by atoms with E-state index in [2.05, 4.69) is 5.32 Å². The van der Waals surface area contributed by atoms with Gasteiger partial charge in [-0.3, -0.25) is 9.10 Å². The van der Waals surface area contributed by atoms with Gasteiger partial charge in [-0.1, -0.05) is 59.6 Å². The van der Waals surface area contributed by atoms with Gasteiger partial charge in [-0.15, -0.1) is 0 Å². The third kappa shape index (κ3) is 6.12. The van der Waals surface area contributed by atoms with Crippen LogP contribution in [-0.2, 0) is 14.8 Å². The smallest absolute Gasteiger partial charge is 0.264 e. The zero-order valence-electron chi connectivity index (χ0n) is 19.1. The number of aryl methyl sites for hydroxylation is 1. The number of carbonyl (C=O) groups is 1. The lowest BCUT2D eigenvalue weighted by Crippen LogP contribution is -2.41. The van der Waals surface area contributed by atoms with Crippen molar-refractivity contribution < 1.29 is 17.9 Å². The Morgan fingerprint density at radius 3 is 2.31 bits per heavy atom. The number of benzene rings is 4. The summed E-state index contributed by atoms with van der Waals surface area (Å²) in [7, 11) is -3.99. The molecule has 0 aliphatic rings. The topological polar surface area (TPSA) is 75.7 Å². The van der Waals surface area contributed by atoms with Gasteiger partial charge in [0.15, 0.2) is 0 Å². The molecule has 180 valence electrons. The van der Waals surface area contributed by atoms with Crippen LogP contribution in [-0.4, -0.2) is 34.0 Å². The first-order valence-electron chi connectivity index (χ1n) is 11.1. The van der Waals surface area contributed by atoms with Gasteiger partial charge in [-0.2, -0.15) is 0 Å². The summed E-state index contributed by atoms with van der Waals surface area (Å²) in [4.78, 5) is 12.8. The second-order valence-electron chi connectivity index (χ2n) is 8.01. The van der Waals surface area contributed by atoms with E-state index in [1.807, 2.05) is 49.4 Å². The maximum Gasteiger partial charge on any atom is 0.264 e. The maximum absolute atomic E-state index is 13.4. The van der Waals surface area contributed by atoms with Crippen LogP contribution in [0.1, 0.15) is 5.56 Å². The quantitative estimate of drug-likeness (QED) is 0.316. The Morgan fingerprint density at radius 2 is 1.60 bits per heavy atom. The van der Waals surface area contributed by atoms with Crippen LogP contribution in [0.15, 0.2) is 95.9 Å². The Hall–Kier alpha value is -3.55. The van der Waals surface area contributed by atoms with Crippen LogP contribution >= 0.6 is 11.6 Å². The van der Waals surface area contributed by atoms with Crippen molar-refractivity contribution in [3.63, 3.8) is 0 Å². The summed E-state index contributed by atoms with van der Waals surface area (Å²) in [6.45, 7) is 2.01. The number of amides is 1. The third-order valence-electron chi connectivity index (χ3n) is 5.42. The van der Waals surface area contributed by atoms with E-state index in [0.29, 0.717) is 16.5 Å². The first-order valence-corrected chi connectivity index (χ1v) is 12.9. The molecule has 4 rings (SSSR count). The van der Waals surface area contributed by atoms with E-state index in [1.165, 1.54) is 24.3 Å². The number of rotatable bonds is 9. The molecule has 0 spiro atoms. The summed E-state index contributed by atoms with van der Waals surface area (Å²) in [5.41, 5.74) is 1.38. The number of anilines is 1. The SMILES string of the molecule is Cc1ccc(N(CC(=O)NCCOc2ccc3ccccc3c2)S(=O)(=O)c2ccc(Cl)cc2)cc1. The molecule has 35 heavy (non-hydrogen) atoms. The molecule has 4 aromatic rings. The van der Waals surface area contributed by atoms with Gasteiger partial charge in [0, 0.05) is 5.02 Å². The molecular formula is C27H25ClN2O4S. The number of nitrogens with zero attached hydrogens (tertiary/aromatic N) is 1. The van der Waals surface area contributed by atoms with E-state index in [0.717, 1.165) is 20.6 Å². The average molecular weight is 509 g/mol. The molecule has 1 N–H and O–H groups in total. The predicted molar refractivity (Wildman–Crippen MR) is 140 cm³/mol. The van der Waals surface area contributed by atoms with Crippen LogP contribution in [0, 0.1) is 6.92 Å². The van der Waals surface area contributed by atoms with E-state index in [1.54, 1.807) is 24.3 Å².